The smallest absolute Gasteiger partial charge is 0.138 e. The van der Waals surface area contributed by atoms with E-state index in [2.05, 4.69) is 19.9 Å². The molecular weight excluding hydrogens is 224 g/mol. The van der Waals surface area contributed by atoms with Gasteiger partial charge in [0.05, 0.1) is 12.1 Å². The molecule has 0 heterocycles. The van der Waals surface area contributed by atoms with Crippen molar-refractivity contribution in [3.63, 3.8) is 0 Å². The van der Waals surface area contributed by atoms with Crippen molar-refractivity contribution in [2.45, 2.75) is 32.6 Å². The molecule has 1 rings (SSSR count). The minimum Gasteiger partial charge on any atom is -0.495 e. The molecule has 0 radical (unpaired) electrons. The standard InChI is InChI=1S/C13H19ClO2/c1-8(2)10-5-11(9(3)7-15)13(14)12(6-10)16-4/h5-6,8-9,15H,7H2,1-4H3. The van der Waals surface area contributed by atoms with Crippen LogP contribution in [0.25, 0.3) is 0 Å². The minimum absolute atomic E-state index is 0.0279. The van der Waals surface area contributed by atoms with Crippen LogP contribution in [0.5, 0.6) is 5.75 Å². The van der Waals surface area contributed by atoms with Crippen molar-refractivity contribution in [3.05, 3.63) is 28.3 Å². The first-order valence-electron chi connectivity index (χ1n) is 5.49. The van der Waals surface area contributed by atoms with E-state index in [4.69, 9.17) is 16.3 Å². The van der Waals surface area contributed by atoms with E-state index in [0.29, 0.717) is 16.7 Å². The van der Waals surface area contributed by atoms with Crippen LogP contribution in [-0.2, 0) is 0 Å². The van der Waals surface area contributed by atoms with Crippen molar-refractivity contribution in [2.24, 2.45) is 0 Å². The number of aliphatic hydroxyl groups is 1. The lowest BCUT2D eigenvalue weighted by Crippen LogP contribution is -2.03. The van der Waals surface area contributed by atoms with Gasteiger partial charge in [0, 0.05) is 12.5 Å². The zero-order valence-electron chi connectivity index (χ0n) is 10.2. The molecule has 0 saturated heterocycles. The predicted octanol–water partition coefficient (Wildman–Crippen LogP) is 3.57. The van der Waals surface area contributed by atoms with E-state index < -0.39 is 0 Å². The van der Waals surface area contributed by atoms with Crippen molar-refractivity contribution in [1.29, 1.82) is 0 Å². The summed E-state index contributed by atoms with van der Waals surface area (Å²) in [5.74, 6) is 1.12. The summed E-state index contributed by atoms with van der Waals surface area (Å²) in [6, 6.07) is 4.01. The van der Waals surface area contributed by atoms with E-state index in [0.717, 1.165) is 5.56 Å². The maximum absolute atomic E-state index is 9.21. The fourth-order valence-corrected chi connectivity index (χ4v) is 1.95. The molecule has 0 aliphatic carbocycles. The van der Waals surface area contributed by atoms with Crippen molar-refractivity contribution < 1.29 is 9.84 Å². The lowest BCUT2D eigenvalue weighted by atomic mass is 9.94. The van der Waals surface area contributed by atoms with E-state index >= 15 is 0 Å². The molecule has 1 N–H and O–H groups in total. The third kappa shape index (κ3) is 2.69. The molecule has 0 saturated carbocycles. The van der Waals surface area contributed by atoms with Crippen molar-refractivity contribution in [3.8, 4) is 5.75 Å². The van der Waals surface area contributed by atoms with Gasteiger partial charge in [0.2, 0.25) is 0 Å². The van der Waals surface area contributed by atoms with E-state index in [1.54, 1.807) is 7.11 Å². The average Bonchev–Trinajstić information content (AvgIpc) is 2.28. The number of methoxy groups -OCH3 is 1. The summed E-state index contributed by atoms with van der Waals surface area (Å²) in [4.78, 5) is 0. The highest BCUT2D eigenvalue weighted by Crippen LogP contribution is 2.36. The summed E-state index contributed by atoms with van der Waals surface area (Å²) < 4.78 is 5.26. The molecule has 1 atom stereocenters. The third-order valence-corrected chi connectivity index (χ3v) is 3.19. The molecule has 0 bridgehead atoms. The van der Waals surface area contributed by atoms with Crippen LogP contribution in [0.2, 0.25) is 5.02 Å². The molecule has 0 aliphatic rings. The molecule has 1 unspecified atom stereocenters. The van der Waals surface area contributed by atoms with Crippen LogP contribution in [0.15, 0.2) is 12.1 Å². The second-order valence-electron chi connectivity index (χ2n) is 4.36. The molecular formula is C13H19ClO2. The second kappa shape index (κ2) is 5.55. The van der Waals surface area contributed by atoms with Gasteiger partial charge in [0.15, 0.2) is 0 Å². The number of aliphatic hydroxyl groups excluding tert-OH is 1. The first-order chi connectivity index (χ1) is 7.51. The average molecular weight is 243 g/mol. The van der Waals surface area contributed by atoms with Gasteiger partial charge >= 0.3 is 0 Å². The van der Waals surface area contributed by atoms with E-state index in [-0.39, 0.29) is 12.5 Å². The Morgan fingerprint density at radius 3 is 2.38 bits per heavy atom. The molecule has 0 aliphatic heterocycles. The maximum Gasteiger partial charge on any atom is 0.138 e. The Balaban J connectivity index is 3.29. The van der Waals surface area contributed by atoms with Crippen LogP contribution in [-0.4, -0.2) is 18.8 Å². The normalized spacial score (nSPS) is 12.9. The Kier molecular flexibility index (Phi) is 4.63. The highest BCUT2D eigenvalue weighted by atomic mass is 35.5. The Hall–Kier alpha value is -0.730. The van der Waals surface area contributed by atoms with Crippen LogP contribution < -0.4 is 4.74 Å². The molecule has 0 aromatic heterocycles. The highest BCUT2D eigenvalue weighted by Gasteiger charge is 2.15. The Labute approximate surface area is 102 Å². The van der Waals surface area contributed by atoms with Crippen LogP contribution >= 0.6 is 11.6 Å². The van der Waals surface area contributed by atoms with Gasteiger partial charge < -0.3 is 9.84 Å². The molecule has 0 spiro atoms. The summed E-state index contributed by atoms with van der Waals surface area (Å²) in [6.45, 7) is 6.28. The van der Waals surface area contributed by atoms with E-state index in [1.807, 2.05) is 13.0 Å². The molecule has 0 amide bonds. The first kappa shape index (κ1) is 13.3. The predicted molar refractivity (Wildman–Crippen MR) is 67.6 cm³/mol. The molecule has 2 nitrogen and oxygen atoms in total. The highest BCUT2D eigenvalue weighted by molar-refractivity contribution is 6.33. The summed E-state index contributed by atoms with van der Waals surface area (Å²) in [5.41, 5.74) is 2.13. The van der Waals surface area contributed by atoms with Gasteiger partial charge in [0.1, 0.15) is 5.75 Å². The van der Waals surface area contributed by atoms with Crippen LogP contribution in [0.1, 0.15) is 43.7 Å². The zero-order chi connectivity index (χ0) is 12.3. The molecule has 3 heteroatoms. The van der Waals surface area contributed by atoms with Crippen molar-refractivity contribution in [2.75, 3.05) is 13.7 Å². The topological polar surface area (TPSA) is 29.5 Å². The van der Waals surface area contributed by atoms with Crippen molar-refractivity contribution in [1.82, 2.24) is 0 Å². The van der Waals surface area contributed by atoms with Crippen LogP contribution in [0.4, 0.5) is 0 Å². The number of ether oxygens (including phenoxy) is 1. The Morgan fingerprint density at radius 2 is 1.94 bits per heavy atom. The number of rotatable bonds is 4. The summed E-state index contributed by atoms with van der Waals surface area (Å²) in [6.07, 6.45) is 0. The number of hydrogen-bond donors (Lipinski definition) is 1. The molecule has 1 aromatic carbocycles. The van der Waals surface area contributed by atoms with Gasteiger partial charge in [-0.3, -0.25) is 0 Å². The molecule has 16 heavy (non-hydrogen) atoms. The monoisotopic (exact) mass is 242 g/mol. The summed E-state index contributed by atoms with van der Waals surface area (Å²) in [5, 5.41) is 9.81. The molecule has 0 fully saturated rings. The zero-order valence-corrected chi connectivity index (χ0v) is 11.0. The van der Waals surface area contributed by atoms with E-state index in [1.165, 1.54) is 5.56 Å². The van der Waals surface area contributed by atoms with E-state index in [9.17, 15) is 5.11 Å². The van der Waals surface area contributed by atoms with Crippen LogP contribution in [0.3, 0.4) is 0 Å². The lowest BCUT2D eigenvalue weighted by molar-refractivity contribution is 0.272. The third-order valence-electron chi connectivity index (χ3n) is 2.78. The second-order valence-corrected chi connectivity index (χ2v) is 4.74. The SMILES string of the molecule is COc1cc(C(C)C)cc(C(C)CO)c1Cl. The minimum atomic E-state index is 0.0279. The largest absolute Gasteiger partial charge is 0.495 e. The van der Waals surface area contributed by atoms with Gasteiger partial charge in [-0.25, -0.2) is 0 Å². The summed E-state index contributed by atoms with van der Waals surface area (Å²) in [7, 11) is 1.61. The summed E-state index contributed by atoms with van der Waals surface area (Å²) >= 11 is 6.22. The van der Waals surface area contributed by atoms with Gasteiger partial charge in [-0.1, -0.05) is 38.4 Å². The number of hydrogen-bond acceptors (Lipinski definition) is 2. The lowest BCUT2D eigenvalue weighted by Gasteiger charge is -2.17. The van der Waals surface area contributed by atoms with Gasteiger partial charge in [0.25, 0.3) is 0 Å². The Bertz CT molecular complexity index is 361. The van der Waals surface area contributed by atoms with Gasteiger partial charge in [-0.15, -0.1) is 0 Å². The number of benzene rings is 1. The van der Waals surface area contributed by atoms with Crippen LogP contribution in [0, 0.1) is 0 Å². The quantitative estimate of drug-likeness (QED) is 0.875. The maximum atomic E-state index is 9.21. The van der Waals surface area contributed by atoms with Gasteiger partial charge in [-0.2, -0.15) is 0 Å². The van der Waals surface area contributed by atoms with Gasteiger partial charge in [-0.05, 0) is 23.1 Å². The fourth-order valence-electron chi connectivity index (χ4n) is 1.58. The van der Waals surface area contributed by atoms with Crippen molar-refractivity contribution >= 4 is 11.6 Å². The molecule has 1 aromatic rings. The Morgan fingerprint density at radius 1 is 1.31 bits per heavy atom. The number of halogens is 1. The molecule has 90 valence electrons. The fraction of sp³-hybridized carbons (Fsp3) is 0.538. The first-order valence-corrected chi connectivity index (χ1v) is 5.87.